The van der Waals surface area contributed by atoms with Gasteiger partial charge in [-0.25, -0.2) is 0 Å². The van der Waals surface area contributed by atoms with Crippen molar-refractivity contribution in [3.63, 3.8) is 0 Å². The Morgan fingerprint density at radius 3 is 2.48 bits per heavy atom. The van der Waals surface area contributed by atoms with Crippen LogP contribution in [-0.4, -0.2) is 18.4 Å². The third-order valence-corrected chi connectivity index (χ3v) is 3.98. The van der Waals surface area contributed by atoms with E-state index in [2.05, 4.69) is 33.5 Å². The van der Waals surface area contributed by atoms with Crippen LogP contribution >= 0.6 is 15.9 Å². The number of unbranched alkanes of at least 4 members (excludes halogenated alkanes) is 1. The number of aryl methyl sites for hydroxylation is 1. The molecule has 0 spiro atoms. The highest BCUT2D eigenvalue weighted by atomic mass is 79.9. The first kappa shape index (κ1) is 17.7. The van der Waals surface area contributed by atoms with Crippen LogP contribution in [0.25, 0.3) is 0 Å². The Morgan fingerprint density at radius 1 is 1.24 bits per heavy atom. The number of benzene rings is 1. The summed E-state index contributed by atoms with van der Waals surface area (Å²) in [5, 5.41) is 5.61. The Labute approximate surface area is 134 Å². The topological polar surface area (TPSA) is 58.2 Å². The zero-order valence-corrected chi connectivity index (χ0v) is 14.6. The van der Waals surface area contributed by atoms with Crippen molar-refractivity contribution in [3.8, 4) is 0 Å². The minimum absolute atomic E-state index is 0.253. The molecular formula is C16H23BrN2O2. The van der Waals surface area contributed by atoms with E-state index in [-0.39, 0.29) is 11.8 Å². The third kappa shape index (κ3) is 4.84. The lowest BCUT2D eigenvalue weighted by Crippen LogP contribution is -2.45. The van der Waals surface area contributed by atoms with Gasteiger partial charge in [0.05, 0.1) is 5.69 Å². The number of carbonyl (C=O) groups is 2. The van der Waals surface area contributed by atoms with Gasteiger partial charge in [0.15, 0.2) is 0 Å². The van der Waals surface area contributed by atoms with Crippen LogP contribution in [0.1, 0.15) is 39.2 Å². The van der Waals surface area contributed by atoms with Crippen LogP contribution in [0.5, 0.6) is 0 Å². The van der Waals surface area contributed by atoms with Crippen LogP contribution in [0.15, 0.2) is 22.7 Å². The molecule has 0 saturated carbocycles. The molecule has 0 unspecified atom stereocenters. The molecule has 1 rings (SSSR count). The normalized spacial score (nSPS) is 11.1. The van der Waals surface area contributed by atoms with Crippen LogP contribution in [0.2, 0.25) is 0 Å². The van der Waals surface area contributed by atoms with Crippen LogP contribution in [0.4, 0.5) is 5.69 Å². The Bertz CT molecular complexity index is 527. The second-order valence-electron chi connectivity index (χ2n) is 5.67. The molecule has 2 N–H and O–H groups in total. The van der Waals surface area contributed by atoms with Crippen molar-refractivity contribution < 1.29 is 9.59 Å². The quantitative estimate of drug-likeness (QED) is 0.605. The lowest BCUT2D eigenvalue weighted by atomic mass is 9.91. The van der Waals surface area contributed by atoms with E-state index < -0.39 is 5.41 Å². The van der Waals surface area contributed by atoms with Crippen molar-refractivity contribution in [1.29, 1.82) is 0 Å². The molecular weight excluding hydrogens is 332 g/mol. The minimum atomic E-state index is -1.11. The first-order valence-electron chi connectivity index (χ1n) is 7.15. The molecule has 0 radical (unpaired) electrons. The molecule has 1 aromatic carbocycles. The van der Waals surface area contributed by atoms with E-state index in [4.69, 9.17) is 0 Å². The highest BCUT2D eigenvalue weighted by Crippen LogP contribution is 2.26. The number of hydrogen-bond donors (Lipinski definition) is 2. The second-order valence-corrected chi connectivity index (χ2v) is 6.53. The molecule has 0 heterocycles. The number of halogens is 1. The van der Waals surface area contributed by atoms with Gasteiger partial charge in [0.1, 0.15) is 5.41 Å². The lowest BCUT2D eigenvalue weighted by molar-refractivity contribution is -0.138. The van der Waals surface area contributed by atoms with Gasteiger partial charge in [-0.1, -0.05) is 19.4 Å². The summed E-state index contributed by atoms with van der Waals surface area (Å²) in [7, 11) is 0. The van der Waals surface area contributed by atoms with E-state index in [1.165, 1.54) is 0 Å². The highest BCUT2D eigenvalue weighted by molar-refractivity contribution is 9.10. The predicted octanol–water partition coefficient (Wildman–Crippen LogP) is 3.64. The number of amides is 2. The van der Waals surface area contributed by atoms with Gasteiger partial charge in [0, 0.05) is 11.0 Å². The second kappa shape index (κ2) is 7.59. The summed E-state index contributed by atoms with van der Waals surface area (Å²) in [5.41, 5.74) is 0.648. The molecule has 0 fully saturated rings. The summed E-state index contributed by atoms with van der Waals surface area (Å²) in [6, 6.07) is 5.65. The largest absolute Gasteiger partial charge is 0.355 e. The van der Waals surface area contributed by atoms with Gasteiger partial charge < -0.3 is 10.6 Å². The molecule has 4 nitrogen and oxygen atoms in total. The fourth-order valence-corrected chi connectivity index (χ4v) is 2.30. The van der Waals surface area contributed by atoms with Crippen LogP contribution in [0.3, 0.4) is 0 Å². The number of hydrogen-bond acceptors (Lipinski definition) is 2. The standard InChI is InChI=1S/C16H23BrN2O2/c1-5-6-9-18-14(20)16(3,4)15(21)19-13-8-7-11(2)10-12(13)17/h7-8,10H,5-6,9H2,1-4H3,(H,18,20)(H,19,21). The molecule has 2 amide bonds. The molecule has 0 aliphatic carbocycles. The van der Waals surface area contributed by atoms with Crippen LogP contribution < -0.4 is 10.6 Å². The summed E-state index contributed by atoms with van der Waals surface area (Å²) in [5.74, 6) is -0.572. The molecule has 0 aliphatic rings. The van der Waals surface area contributed by atoms with Gasteiger partial charge in [-0.15, -0.1) is 0 Å². The molecule has 0 aromatic heterocycles. The van der Waals surface area contributed by atoms with E-state index in [1.807, 2.05) is 25.1 Å². The zero-order valence-electron chi connectivity index (χ0n) is 13.0. The van der Waals surface area contributed by atoms with Crippen molar-refractivity contribution >= 4 is 33.4 Å². The fraction of sp³-hybridized carbons (Fsp3) is 0.500. The molecule has 0 aliphatic heterocycles. The first-order valence-corrected chi connectivity index (χ1v) is 7.94. The molecule has 0 bridgehead atoms. The lowest BCUT2D eigenvalue weighted by Gasteiger charge is -2.23. The van der Waals surface area contributed by atoms with Gasteiger partial charge in [-0.3, -0.25) is 9.59 Å². The molecule has 116 valence electrons. The van der Waals surface area contributed by atoms with E-state index in [0.717, 1.165) is 22.9 Å². The van der Waals surface area contributed by atoms with Gasteiger partial charge in [-0.05, 0) is 60.8 Å². The van der Waals surface area contributed by atoms with Crippen LogP contribution in [-0.2, 0) is 9.59 Å². The average molecular weight is 355 g/mol. The van der Waals surface area contributed by atoms with E-state index in [9.17, 15) is 9.59 Å². The Morgan fingerprint density at radius 2 is 1.90 bits per heavy atom. The van der Waals surface area contributed by atoms with Crippen molar-refractivity contribution in [2.45, 2.75) is 40.5 Å². The zero-order chi connectivity index (χ0) is 16.0. The molecule has 0 saturated heterocycles. The predicted molar refractivity (Wildman–Crippen MR) is 89.2 cm³/mol. The Balaban J connectivity index is 2.74. The molecule has 5 heteroatoms. The van der Waals surface area contributed by atoms with Crippen molar-refractivity contribution in [2.75, 3.05) is 11.9 Å². The molecule has 0 atom stereocenters. The van der Waals surface area contributed by atoms with Gasteiger partial charge in [-0.2, -0.15) is 0 Å². The van der Waals surface area contributed by atoms with Gasteiger partial charge in [0.25, 0.3) is 0 Å². The summed E-state index contributed by atoms with van der Waals surface area (Å²) < 4.78 is 0.804. The number of rotatable bonds is 6. The van der Waals surface area contributed by atoms with Crippen molar-refractivity contribution in [1.82, 2.24) is 5.32 Å². The fourth-order valence-electron chi connectivity index (χ4n) is 1.70. The third-order valence-electron chi connectivity index (χ3n) is 3.32. The number of nitrogens with one attached hydrogen (secondary N) is 2. The van der Waals surface area contributed by atoms with Crippen molar-refractivity contribution in [3.05, 3.63) is 28.2 Å². The monoisotopic (exact) mass is 354 g/mol. The Hall–Kier alpha value is -1.36. The molecule has 1 aromatic rings. The number of carbonyl (C=O) groups excluding carboxylic acids is 2. The first-order chi connectivity index (χ1) is 9.78. The van der Waals surface area contributed by atoms with Crippen molar-refractivity contribution in [2.24, 2.45) is 5.41 Å². The summed E-state index contributed by atoms with van der Waals surface area (Å²) >= 11 is 3.42. The summed E-state index contributed by atoms with van der Waals surface area (Å²) in [6.45, 7) is 7.89. The number of anilines is 1. The van der Waals surface area contributed by atoms with Gasteiger partial charge >= 0.3 is 0 Å². The highest BCUT2D eigenvalue weighted by Gasteiger charge is 2.36. The SMILES string of the molecule is CCCCNC(=O)C(C)(C)C(=O)Nc1ccc(C)cc1Br. The smallest absolute Gasteiger partial charge is 0.239 e. The maximum absolute atomic E-state index is 12.4. The van der Waals surface area contributed by atoms with E-state index in [0.29, 0.717) is 12.2 Å². The van der Waals surface area contributed by atoms with E-state index in [1.54, 1.807) is 13.8 Å². The maximum Gasteiger partial charge on any atom is 0.239 e. The van der Waals surface area contributed by atoms with Crippen LogP contribution in [0, 0.1) is 12.3 Å². The Kier molecular flexibility index (Phi) is 6.40. The average Bonchev–Trinajstić information content (AvgIpc) is 2.41. The summed E-state index contributed by atoms with van der Waals surface area (Å²) in [4.78, 5) is 24.5. The van der Waals surface area contributed by atoms with E-state index >= 15 is 0 Å². The summed E-state index contributed by atoms with van der Waals surface area (Å²) in [6.07, 6.45) is 1.91. The molecule has 21 heavy (non-hydrogen) atoms. The van der Waals surface area contributed by atoms with Gasteiger partial charge in [0.2, 0.25) is 11.8 Å². The minimum Gasteiger partial charge on any atom is -0.355 e. The maximum atomic E-state index is 12.4.